The number of hydrogen-bond acceptors (Lipinski definition) is 4. The molecule has 0 aromatic carbocycles. The molecule has 2 N–H and O–H groups in total. The number of carbonyl (C=O) groups is 1. The minimum Gasteiger partial charge on any atom is -0.385 e. The Hall–Kier alpha value is -0.650. The van der Waals surface area contributed by atoms with Crippen LogP contribution in [0.4, 0.5) is 0 Å². The smallest absolute Gasteiger partial charge is 0.236 e. The Morgan fingerprint density at radius 2 is 2.33 bits per heavy atom. The third-order valence-corrected chi connectivity index (χ3v) is 3.42. The molecule has 5 heteroatoms. The lowest BCUT2D eigenvalue weighted by atomic mass is 10.1. The number of amides is 1. The first-order valence-corrected chi connectivity index (χ1v) is 6.82. The molecule has 0 spiro atoms. The summed E-state index contributed by atoms with van der Waals surface area (Å²) in [5.74, 6) is 0.760. The first-order valence-electron chi connectivity index (χ1n) is 6.82. The van der Waals surface area contributed by atoms with Gasteiger partial charge >= 0.3 is 0 Å². The number of ether oxygens (including phenoxy) is 1. The van der Waals surface area contributed by atoms with E-state index in [1.807, 2.05) is 6.92 Å². The summed E-state index contributed by atoms with van der Waals surface area (Å²) in [5.41, 5.74) is 0. The van der Waals surface area contributed by atoms with Gasteiger partial charge in [0, 0.05) is 26.8 Å². The molecule has 106 valence electrons. The fourth-order valence-corrected chi connectivity index (χ4v) is 2.21. The Bertz CT molecular complexity index is 248. The van der Waals surface area contributed by atoms with E-state index in [2.05, 4.69) is 22.6 Å². The van der Waals surface area contributed by atoms with Crippen LogP contribution in [-0.2, 0) is 9.53 Å². The highest BCUT2D eigenvalue weighted by molar-refractivity contribution is 5.81. The Balaban J connectivity index is 2.08. The van der Waals surface area contributed by atoms with E-state index >= 15 is 0 Å². The quantitative estimate of drug-likeness (QED) is 0.604. The Morgan fingerprint density at radius 3 is 2.94 bits per heavy atom. The van der Waals surface area contributed by atoms with Gasteiger partial charge in [-0.15, -0.1) is 0 Å². The highest BCUT2D eigenvalue weighted by Gasteiger charge is 2.20. The average Bonchev–Trinajstić information content (AvgIpc) is 2.77. The zero-order chi connectivity index (χ0) is 13.4. The minimum absolute atomic E-state index is 0.0810. The molecule has 0 radical (unpaired) electrons. The van der Waals surface area contributed by atoms with Gasteiger partial charge in [0.1, 0.15) is 0 Å². The third kappa shape index (κ3) is 5.80. The lowest BCUT2D eigenvalue weighted by Gasteiger charge is -2.17. The molecule has 1 fully saturated rings. The van der Waals surface area contributed by atoms with Crippen molar-refractivity contribution in [1.82, 2.24) is 15.5 Å². The van der Waals surface area contributed by atoms with Crippen molar-refractivity contribution in [2.24, 2.45) is 5.92 Å². The van der Waals surface area contributed by atoms with Crippen LogP contribution < -0.4 is 10.6 Å². The lowest BCUT2D eigenvalue weighted by molar-refractivity contribution is -0.122. The number of nitrogens with one attached hydrogen (secondary N) is 2. The third-order valence-electron chi connectivity index (χ3n) is 3.42. The fourth-order valence-electron chi connectivity index (χ4n) is 2.21. The van der Waals surface area contributed by atoms with Crippen molar-refractivity contribution in [1.29, 1.82) is 0 Å². The second-order valence-corrected chi connectivity index (χ2v) is 5.18. The van der Waals surface area contributed by atoms with Gasteiger partial charge in [-0.3, -0.25) is 4.79 Å². The molecule has 1 aliphatic rings. The normalized spacial score (nSPS) is 22.1. The molecule has 1 aliphatic heterocycles. The van der Waals surface area contributed by atoms with Crippen LogP contribution in [-0.4, -0.2) is 63.8 Å². The van der Waals surface area contributed by atoms with Gasteiger partial charge in [-0.05, 0) is 45.8 Å². The van der Waals surface area contributed by atoms with Gasteiger partial charge in [0.25, 0.3) is 0 Å². The summed E-state index contributed by atoms with van der Waals surface area (Å²) < 4.78 is 4.94. The molecule has 1 amide bonds. The summed E-state index contributed by atoms with van der Waals surface area (Å²) >= 11 is 0. The molecule has 0 saturated carbocycles. The highest BCUT2D eigenvalue weighted by Crippen LogP contribution is 2.12. The van der Waals surface area contributed by atoms with Crippen molar-refractivity contribution in [3.05, 3.63) is 0 Å². The van der Waals surface area contributed by atoms with E-state index < -0.39 is 0 Å². The second-order valence-electron chi connectivity index (χ2n) is 5.18. The van der Waals surface area contributed by atoms with Crippen molar-refractivity contribution in [2.75, 3.05) is 46.9 Å². The average molecular weight is 257 g/mol. The second kappa shape index (κ2) is 8.45. The zero-order valence-corrected chi connectivity index (χ0v) is 11.9. The summed E-state index contributed by atoms with van der Waals surface area (Å²) in [6.07, 6.45) is 2.09. The highest BCUT2D eigenvalue weighted by atomic mass is 16.5. The van der Waals surface area contributed by atoms with E-state index in [0.29, 0.717) is 19.1 Å². The molecule has 0 aliphatic carbocycles. The van der Waals surface area contributed by atoms with Crippen LogP contribution in [0, 0.1) is 5.92 Å². The van der Waals surface area contributed by atoms with Crippen molar-refractivity contribution in [3.8, 4) is 0 Å². The summed E-state index contributed by atoms with van der Waals surface area (Å²) in [6.45, 7) is 6.53. The zero-order valence-electron chi connectivity index (χ0n) is 11.9. The van der Waals surface area contributed by atoms with Crippen molar-refractivity contribution < 1.29 is 9.53 Å². The summed E-state index contributed by atoms with van der Waals surface area (Å²) in [7, 11) is 3.82. The number of likely N-dealkylation sites (tertiary alicyclic amines) is 1. The van der Waals surface area contributed by atoms with E-state index in [-0.39, 0.29) is 11.9 Å². The molecule has 1 rings (SSSR count). The van der Waals surface area contributed by atoms with Crippen LogP contribution in [0.1, 0.15) is 19.8 Å². The number of carbonyl (C=O) groups excluding carboxylic acids is 1. The van der Waals surface area contributed by atoms with Crippen molar-refractivity contribution in [3.63, 3.8) is 0 Å². The number of rotatable bonds is 8. The topological polar surface area (TPSA) is 53.6 Å². The van der Waals surface area contributed by atoms with Crippen LogP contribution in [0.25, 0.3) is 0 Å². The number of nitrogens with zero attached hydrogens (tertiary/aromatic N) is 1. The molecule has 2 unspecified atom stereocenters. The number of methoxy groups -OCH3 is 1. The Morgan fingerprint density at radius 1 is 1.56 bits per heavy atom. The SMILES string of the molecule is COCCCNC(=O)C(C)NCC1CCN(C)C1. The molecule has 0 aromatic heterocycles. The first-order chi connectivity index (χ1) is 8.63. The van der Waals surface area contributed by atoms with E-state index in [4.69, 9.17) is 4.74 Å². The van der Waals surface area contributed by atoms with Crippen LogP contribution in [0.3, 0.4) is 0 Å². The van der Waals surface area contributed by atoms with Crippen LogP contribution >= 0.6 is 0 Å². The van der Waals surface area contributed by atoms with Crippen LogP contribution in [0.2, 0.25) is 0 Å². The van der Waals surface area contributed by atoms with Gasteiger partial charge in [-0.25, -0.2) is 0 Å². The Labute approximate surface area is 110 Å². The van der Waals surface area contributed by atoms with Crippen LogP contribution in [0.15, 0.2) is 0 Å². The summed E-state index contributed by atoms with van der Waals surface area (Å²) in [4.78, 5) is 14.1. The predicted octanol–water partition coefficient (Wildman–Crippen LogP) is 0.0689. The fraction of sp³-hybridized carbons (Fsp3) is 0.923. The summed E-state index contributed by atoms with van der Waals surface area (Å²) in [5, 5.41) is 6.23. The van der Waals surface area contributed by atoms with Gasteiger partial charge in [0.05, 0.1) is 6.04 Å². The van der Waals surface area contributed by atoms with Crippen molar-refractivity contribution in [2.45, 2.75) is 25.8 Å². The first kappa shape index (κ1) is 15.4. The largest absolute Gasteiger partial charge is 0.385 e. The standard InChI is InChI=1S/C13H27N3O2/c1-11(13(17)14-6-4-8-18-3)15-9-12-5-7-16(2)10-12/h11-12,15H,4-10H2,1-3H3,(H,14,17). The van der Waals surface area contributed by atoms with Gasteiger partial charge < -0.3 is 20.3 Å². The monoisotopic (exact) mass is 257 g/mol. The molecule has 1 saturated heterocycles. The molecule has 5 nitrogen and oxygen atoms in total. The maximum atomic E-state index is 11.8. The van der Waals surface area contributed by atoms with Gasteiger partial charge in [-0.2, -0.15) is 0 Å². The molecular formula is C13H27N3O2. The van der Waals surface area contributed by atoms with Gasteiger partial charge in [0.15, 0.2) is 0 Å². The molecule has 2 atom stereocenters. The molecule has 0 aromatic rings. The van der Waals surface area contributed by atoms with Crippen LogP contribution in [0.5, 0.6) is 0 Å². The van der Waals surface area contributed by atoms with Crippen molar-refractivity contribution >= 4 is 5.91 Å². The maximum absolute atomic E-state index is 11.8. The Kier molecular flexibility index (Phi) is 7.23. The summed E-state index contributed by atoms with van der Waals surface area (Å²) in [6, 6.07) is -0.113. The van der Waals surface area contributed by atoms with E-state index in [9.17, 15) is 4.79 Å². The molecular weight excluding hydrogens is 230 g/mol. The molecule has 18 heavy (non-hydrogen) atoms. The minimum atomic E-state index is -0.113. The van der Waals surface area contributed by atoms with E-state index in [0.717, 1.165) is 19.5 Å². The van der Waals surface area contributed by atoms with E-state index in [1.54, 1.807) is 7.11 Å². The van der Waals surface area contributed by atoms with Gasteiger partial charge in [-0.1, -0.05) is 0 Å². The maximum Gasteiger partial charge on any atom is 0.236 e. The number of hydrogen-bond donors (Lipinski definition) is 2. The molecule has 1 heterocycles. The molecule has 0 bridgehead atoms. The van der Waals surface area contributed by atoms with E-state index in [1.165, 1.54) is 13.0 Å². The van der Waals surface area contributed by atoms with Gasteiger partial charge in [0.2, 0.25) is 5.91 Å². The lowest BCUT2D eigenvalue weighted by Crippen LogP contribution is -2.44. The predicted molar refractivity (Wildman–Crippen MR) is 72.6 cm³/mol.